The molecular formula is C14H17NO2. The number of amides is 1. The second-order valence-corrected chi connectivity index (χ2v) is 5.34. The van der Waals surface area contributed by atoms with E-state index >= 15 is 0 Å². The highest BCUT2D eigenvalue weighted by Gasteiger charge is 2.50. The van der Waals surface area contributed by atoms with E-state index < -0.39 is 0 Å². The van der Waals surface area contributed by atoms with Gasteiger partial charge in [0, 0.05) is 11.5 Å². The van der Waals surface area contributed by atoms with Crippen LogP contribution in [0, 0.1) is 11.3 Å². The van der Waals surface area contributed by atoms with Crippen molar-refractivity contribution in [3.8, 4) is 0 Å². The minimum absolute atomic E-state index is 0.0173. The Morgan fingerprint density at radius 3 is 2.41 bits per heavy atom. The third-order valence-electron chi connectivity index (χ3n) is 3.39. The second kappa shape index (κ2) is 3.99. The third-order valence-corrected chi connectivity index (χ3v) is 3.39. The number of carbonyl (C=O) groups excluding carboxylic acids is 2. The summed E-state index contributed by atoms with van der Waals surface area (Å²) in [4.78, 5) is 23.4. The standard InChI is InChI=1S/C14H17NO2/c1-9(16)10-6-4-5-7-12(10)15-13(17)11-8-14(11,2)3/h4-7,11H,8H2,1-3H3,(H,15,17). The molecule has 0 spiro atoms. The van der Waals surface area contributed by atoms with Gasteiger partial charge < -0.3 is 5.32 Å². The van der Waals surface area contributed by atoms with Crippen molar-refractivity contribution in [2.75, 3.05) is 5.32 Å². The lowest BCUT2D eigenvalue weighted by atomic mass is 10.1. The molecule has 1 aromatic carbocycles. The molecule has 0 saturated heterocycles. The Labute approximate surface area is 101 Å². The molecular weight excluding hydrogens is 214 g/mol. The molecule has 17 heavy (non-hydrogen) atoms. The molecule has 1 N–H and O–H groups in total. The van der Waals surface area contributed by atoms with Crippen LogP contribution in [0.3, 0.4) is 0 Å². The maximum atomic E-state index is 11.9. The van der Waals surface area contributed by atoms with Crippen LogP contribution in [0.2, 0.25) is 0 Å². The van der Waals surface area contributed by atoms with Crippen LogP contribution in [0.15, 0.2) is 24.3 Å². The number of benzene rings is 1. The van der Waals surface area contributed by atoms with Crippen LogP contribution in [0.1, 0.15) is 37.6 Å². The van der Waals surface area contributed by atoms with Crippen LogP contribution in [-0.2, 0) is 4.79 Å². The zero-order chi connectivity index (χ0) is 12.6. The first-order valence-electron chi connectivity index (χ1n) is 5.82. The molecule has 0 bridgehead atoms. The van der Waals surface area contributed by atoms with Gasteiger partial charge in [-0.05, 0) is 30.9 Å². The maximum absolute atomic E-state index is 11.9. The molecule has 3 nitrogen and oxygen atoms in total. The van der Waals surface area contributed by atoms with E-state index in [1.54, 1.807) is 18.2 Å². The van der Waals surface area contributed by atoms with E-state index in [1.165, 1.54) is 6.92 Å². The molecule has 1 amide bonds. The molecule has 0 heterocycles. The molecule has 1 aliphatic rings. The summed E-state index contributed by atoms with van der Waals surface area (Å²) in [6.45, 7) is 5.66. The Hall–Kier alpha value is -1.64. The van der Waals surface area contributed by atoms with Crippen molar-refractivity contribution < 1.29 is 9.59 Å². The SMILES string of the molecule is CC(=O)c1ccccc1NC(=O)C1CC1(C)C. The van der Waals surface area contributed by atoms with Gasteiger partial charge in [-0.3, -0.25) is 9.59 Å². The van der Waals surface area contributed by atoms with Crippen molar-refractivity contribution in [3.05, 3.63) is 29.8 Å². The summed E-state index contributed by atoms with van der Waals surface area (Å²) >= 11 is 0. The highest BCUT2D eigenvalue weighted by Crippen LogP contribution is 2.52. The summed E-state index contributed by atoms with van der Waals surface area (Å²) < 4.78 is 0. The van der Waals surface area contributed by atoms with E-state index in [4.69, 9.17) is 0 Å². The molecule has 3 heteroatoms. The van der Waals surface area contributed by atoms with Crippen LogP contribution in [-0.4, -0.2) is 11.7 Å². The normalized spacial score (nSPS) is 20.8. The lowest BCUT2D eigenvalue weighted by molar-refractivity contribution is -0.118. The first kappa shape index (κ1) is 11.8. The molecule has 90 valence electrons. The predicted octanol–water partition coefficient (Wildman–Crippen LogP) is 2.87. The molecule has 0 aliphatic heterocycles. The first-order valence-corrected chi connectivity index (χ1v) is 5.82. The Morgan fingerprint density at radius 1 is 1.29 bits per heavy atom. The summed E-state index contributed by atoms with van der Waals surface area (Å²) in [5, 5.41) is 2.85. The second-order valence-electron chi connectivity index (χ2n) is 5.34. The molecule has 2 rings (SSSR count). The van der Waals surface area contributed by atoms with Crippen molar-refractivity contribution in [1.29, 1.82) is 0 Å². The fourth-order valence-electron chi connectivity index (χ4n) is 2.03. The first-order chi connectivity index (χ1) is 7.92. The van der Waals surface area contributed by atoms with Gasteiger partial charge in [-0.2, -0.15) is 0 Å². The number of Topliss-reactive ketones (excluding diaryl/α,β-unsaturated/α-hetero) is 1. The zero-order valence-corrected chi connectivity index (χ0v) is 10.4. The molecule has 1 fully saturated rings. The van der Waals surface area contributed by atoms with Crippen molar-refractivity contribution in [1.82, 2.24) is 0 Å². The molecule has 1 atom stereocenters. The number of carbonyl (C=O) groups is 2. The average Bonchev–Trinajstić information content (AvgIpc) is 2.88. The van der Waals surface area contributed by atoms with E-state index in [0.717, 1.165) is 6.42 Å². The number of para-hydroxylation sites is 1. The fraction of sp³-hybridized carbons (Fsp3) is 0.429. The van der Waals surface area contributed by atoms with Gasteiger partial charge in [0.15, 0.2) is 5.78 Å². The Morgan fingerprint density at radius 2 is 1.88 bits per heavy atom. The topological polar surface area (TPSA) is 46.2 Å². The smallest absolute Gasteiger partial charge is 0.228 e. The van der Waals surface area contributed by atoms with Gasteiger partial charge in [0.25, 0.3) is 0 Å². The van der Waals surface area contributed by atoms with Crippen LogP contribution >= 0.6 is 0 Å². The summed E-state index contributed by atoms with van der Waals surface area (Å²) in [6, 6.07) is 7.12. The zero-order valence-electron chi connectivity index (χ0n) is 10.4. The van der Waals surface area contributed by atoms with Gasteiger partial charge in [0.05, 0.1) is 5.69 Å². The Kier molecular flexibility index (Phi) is 2.77. The highest BCUT2D eigenvalue weighted by molar-refractivity contribution is 6.04. The number of hydrogen-bond acceptors (Lipinski definition) is 2. The van der Waals surface area contributed by atoms with E-state index in [2.05, 4.69) is 19.2 Å². The average molecular weight is 231 g/mol. The fourth-order valence-corrected chi connectivity index (χ4v) is 2.03. The monoisotopic (exact) mass is 231 g/mol. The number of ketones is 1. The van der Waals surface area contributed by atoms with Gasteiger partial charge in [-0.1, -0.05) is 26.0 Å². The van der Waals surface area contributed by atoms with Crippen LogP contribution in [0.5, 0.6) is 0 Å². The number of anilines is 1. The molecule has 0 radical (unpaired) electrons. The lowest BCUT2D eigenvalue weighted by Gasteiger charge is -2.09. The van der Waals surface area contributed by atoms with E-state index in [0.29, 0.717) is 11.3 Å². The van der Waals surface area contributed by atoms with Crippen molar-refractivity contribution in [3.63, 3.8) is 0 Å². The molecule has 1 aliphatic carbocycles. The van der Waals surface area contributed by atoms with Crippen molar-refractivity contribution in [2.24, 2.45) is 11.3 Å². The van der Waals surface area contributed by atoms with Gasteiger partial charge >= 0.3 is 0 Å². The van der Waals surface area contributed by atoms with Crippen LogP contribution < -0.4 is 5.32 Å². The van der Waals surface area contributed by atoms with Gasteiger partial charge in [-0.25, -0.2) is 0 Å². The molecule has 1 saturated carbocycles. The molecule has 0 aromatic heterocycles. The van der Waals surface area contributed by atoms with Gasteiger partial charge in [0.2, 0.25) is 5.91 Å². The number of rotatable bonds is 3. The van der Waals surface area contributed by atoms with E-state index in [9.17, 15) is 9.59 Å². The van der Waals surface area contributed by atoms with Crippen LogP contribution in [0.25, 0.3) is 0 Å². The van der Waals surface area contributed by atoms with Gasteiger partial charge in [0.1, 0.15) is 0 Å². The minimum atomic E-state index is -0.0315. The van der Waals surface area contributed by atoms with Crippen LogP contribution in [0.4, 0.5) is 5.69 Å². The van der Waals surface area contributed by atoms with Crippen molar-refractivity contribution >= 4 is 17.4 Å². The summed E-state index contributed by atoms with van der Waals surface area (Å²) in [7, 11) is 0. The summed E-state index contributed by atoms with van der Waals surface area (Å²) in [5.74, 6) is 0.0576. The predicted molar refractivity (Wildman–Crippen MR) is 67.0 cm³/mol. The molecule has 1 aromatic rings. The lowest BCUT2D eigenvalue weighted by Crippen LogP contribution is -2.18. The van der Waals surface area contributed by atoms with Crippen molar-refractivity contribution in [2.45, 2.75) is 27.2 Å². The Balaban J connectivity index is 2.14. The summed E-state index contributed by atoms with van der Waals surface area (Å²) in [6.07, 6.45) is 0.918. The quantitative estimate of drug-likeness (QED) is 0.813. The summed E-state index contributed by atoms with van der Waals surface area (Å²) in [5.41, 5.74) is 1.29. The van der Waals surface area contributed by atoms with Gasteiger partial charge in [-0.15, -0.1) is 0 Å². The maximum Gasteiger partial charge on any atom is 0.228 e. The molecule has 1 unspecified atom stereocenters. The number of nitrogens with one attached hydrogen (secondary N) is 1. The third kappa shape index (κ3) is 2.38. The minimum Gasteiger partial charge on any atom is -0.325 e. The highest BCUT2D eigenvalue weighted by atomic mass is 16.2. The van der Waals surface area contributed by atoms with E-state index in [-0.39, 0.29) is 23.0 Å². The largest absolute Gasteiger partial charge is 0.325 e. The Bertz CT molecular complexity index is 477. The van der Waals surface area contributed by atoms with E-state index in [1.807, 2.05) is 6.07 Å². The number of hydrogen-bond donors (Lipinski definition) is 1.